The first-order valence-corrected chi connectivity index (χ1v) is 11.7. The van der Waals surface area contributed by atoms with Crippen LogP contribution >= 0.6 is 0 Å². The van der Waals surface area contributed by atoms with Crippen molar-refractivity contribution in [2.45, 2.75) is 25.4 Å². The molecule has 0 fully saturated rings. The standard InChI is InChI=1S/C28H27F3N2O5/c29-28(30,31)15-1-16-36-23-11-6-21(7-12-23)27(35)38-24-9-2-19(3-10-24)4-13-26(34)37-17-14-20-5-8-22(32)18-25(20)33/h2-13,18H,1,14-17,32-33H2/b13-4-. The number of alkyl halides is 3. The molecule has 0 atom stereocenters. The van der Waals surface area contributed by atoms with Gasteiger partial charge in [-0.1, -0.05) is 18.2 Å². The molecule has 200 valence electrons. The third kappa shape index (κ3) is 9.53. The predicted molar refractivity (Wildman–Crippen MR) is 138 cm³/mol. The SMILES string of the molecule is Nc1ccc(CCOC(=O)/C=C\c2ccc(OC(=O)c3ccc(OCCCC(F)(F)F)cc3)cc2)c(N)c1. The number of hydrogen-bond donors (Lipinski definition) is 2. The van der Waals surface area contributed by atoms with E-state index in [1.807, 2.05) is 0 Å². The summed E-state index contributed by atoms with van der Waals surface area (Å²) in [5.74, 6) is -0.472. The Bertz CT molecular complexity index is 1260. The van der Waals surface area contributed by atoms with Crippen LogP contribution in [0.4, 0.5) is 24.5 Å². The first-order chi connectivity index (χ1) is 18.1. The number of anilines is 2. The lowest BCUT2D eigenvalue weighted by Crippen LogP contribution is -2.10. The number of carbonyl (C=O) groups is 2. The second kappa shape index (κ2) is 13.2. The minimum Gasteiger partial charge on any atom is -0.494 e. The summed E-state index contributed by atoms with van der Waals surface area (Å²) in [5.41, 5.74) is 14.4. The van der Waals surface area contributed by atoms with Gasteiger partial charge in [-0.2, -0.15) is 13.2 Å². The molecule has 0 aliphatic heterocycles. The molecular weight excluding hydrogens is 501 g/mol. The monoisotopic (exact) mass is 528 g/mol. The Labute approximate surface area is 217 Å². The van der Waals surface area contributed by atoms with Gasteiger partial charge in [0, 0.05) is 30.3 Å². The van der Waals surface area contributed by atoms with Crippen LogP contribution in [0.25, 0.3) is 6.08 Å². The minimum atomic E-state index is -4.22. The number of benzene rings is 3. The van der Waals surface area contributed by atoms with Crippen molar-refractivity contribution in [3.05, 3.63) is 89.5 Å². The third-order valence-electron chi connectivity index (χ3n) is 5.25. The van der Waals surface area contributed by atoms with E-state index in [1.54, 1.807) is 48.5 Å². The Morgan fingerprint density at radius 2 is 1.55 bits per heavy atom. The van der Waals surface area contributed by atoms with Crippen LogP contribution in [0.15, 0.2) is 72.8 Å². The van der Waals surface area contributed by atoms with Crippen LogP contribution in [-0.2, 0) is 16.0 Å². The number of nitrogens with two attached hydrogens (primary N) is 2. The molecule has 3 rings (SSSR count). The molecule has 4 N–H and O–H groups in total. The second-order valence-electron chi connectivity index (χ2n) is 8.26. The number of rotatable bonds is 11. The first kappa shape index (κ1) is 28.1. The van der Waals surface area contributed by atoms with Gasteiger partial charge in [0.15, 0.2) is 0 Å². The van der Waals surface area contributed by atoms with Crippen molar-refractivity contribution in [1.29, 1.82) is 0 Å². The summed E-state index contributed by atoms with van der Waals surface area (Å²) in [4.78, 5) is 24.3. The minimum absolute atomic E-state index is 0.0828. The van der Waals surface area contributed by atoms with Crippen LogP contribution < -0.4 is 20.9 Å². The maximum atomic E-state index is 12.4. The van der Waals surface area contributed by atoms with Gasteiger partial charge in [-0.3, -0.25) is 0 Å². The lowest BCUT2D eigenvalue weighted by Gasteiger charge is -2.09. The average molecular weight is 529 g/mol. The number of ether oxygens (including phenoxy) is 3. The molecule has 3 aromatic carbocycles. The molecule has 0 aliphatic rings. The third-order valence-corrected chi connectivity index (χ3v) is 5.25. The number of esters is 2. The number of carbonyl (C=O) groups excluding carboxylic acids is 2. The van der Waals surface area contributed by atoms with Crippen LogP contribution in [0.2, 0.25) is 0 Å². The quantitative estimate of drug-likeness (QED) is 0.110. The summed E-state index contributed by atoms with van der Waals surface area (Å²) in [6.45, 7) is 0.0813. The largest absolute Gasteiger partial charge is 0.494 e. The van der Waals surface area contributed by atoms with E-state index in [-0.39, 0.29) is 25.2 Å². The van der Waals surface area contributed by atoms with E-state index in [2.05, 4.69) is 0 Å². The summed E-state index contributed by atoms with van der Waals surface area (Å²) in [6.07, 6.45) is -1.97. The molecule has 0 saturated carbocycles. The summed E-state index contributed by atoms with van der Waals surface area (Å²) >= 11 is 0. The molecule has 0 radical (unpaired) electrons. The lowest BCUT2D eigenvalue weighted by molar-refractivity contribution is -0.138. The molecule has 38 heavy (non-hydrogen) atoms. The van der Waals surface area contributed by atoms with Crippen molar-refractivity contribution in [3.63, 3.8) is 0 Å². The van der Waals surface area contributed by atoms with Crippen molar-refractivity contribution >= 4 is 29.4 Å². The van der Waals surface area contributed by atoms with E-state index in [9.17, 15) is 22.8 Å². The van der Waals surface area contributed by atoms with E-state index < -0.39 is 24.5 Å². The van der Waals surface area contributed by atoms with Gasteiger partial charge in [0.2, 0.25) is 0 Å². The number of hydrogen-bond acceptors (Lipinski definition) is 7. The van der Waals surface area contributed by atoms with Crippen LogP contribution in [0.5, 0.6) is 11.5 Å². The highest BCUT2D eigenvalue weighted by Gasteiger charge is 2.26. The fourth-order valence-electron chi connectivity index (χ4n) is 3.28. The fraction of sp³-hybridized carbons (Fsp3) is 0.214. The summed E-state index contributed by atoms with van der Waals surface area (Å²) in [7, 11) is 0. The zero-order chi connectivity index (χ0) is 27.5. The highest BCUT2D eigenvalue weighted by molar-refractivity contribution is 5.91. The van der Waals surface area contributed by atoms with E-state index in [1.165, 1.54) is 30.3 Å². The molecule has 0 heterocycles. The molecule has 0 amide bonds. The lowest BCUT2D eigenvalue weighted by atomic mass is 10.1. The van der Waals surface area contributed by atoms with Crippen molar-refractivity contribution in [3.8, 4) is 11.5 Å². The van der Waals surface area contributed by atoms with Crippen LogP contribution in [0, 0.1) is 0 Å². The van der Waals surface area contributed by atoms with Crippen LogP contribution in [0.1, 0.15) is 34.3 Å². The molecular formula is C28H27F3N2O5. The zero-order valence-electron chi connectivity index (χ0n) is 20.4. The summed E-state index contributed by atoms with van der Waals surface area (Å²) in [6, 6.07) is 17.6. The summed E-state index contributed by atoms with van der Waals surface area (Å²) in [5, 5.41) is 0. The molecule has 0 spiro atoms. The molecule has 0 unspecified atom stereocenters. The Morgan fingerprint density at radius 3 is 2.21 bits per heavy atom. The van der Waals surface area contributed by atoms with Crippen molar-refractivity contribution in [2.75, 3.05) is 24.7 Å². The van der Waals surface area contributed by atoms with Gasteiger partial charge in [0.05, 0.1) is 18.8 Å². The Morgan fingerprint density at radius 1 is 0.868 bits per heavy atom. The van der Waals surface area contributed by atoms with Gasteiger partial charge in [-0.25, -0.2) is 9.59 Å². The van der Waals surface area contributed by atoms with Gasteiger partial charge >= 0.3 is 18.1 Å². The van der Waals surface area contributed by atoms with E-state index in [4.69, 9.17) is 25.7 Å². The fourth-order valence-corrected chi connectivity index (χ4v) is 3.28. The molecule has 0 bridgehead atoms. The number of halogens is 3. The second-order valence-corrected chi connectivity index (χ2v) is 8.26. The van der Waals surface area contributed by atoms with Gasteiger partial charge in [-0.05, 0) is 72.2 Å². The van der Waals surface area contributed by atoms with E-state index in [0.29, 0.717) is 34.9 Å². The zero-order valence-corrected chi connectivity index (χ0v) is 20.4. The van der Waals surface area contributed by atoms with E-state index in [0.717, 1.165) is 5.56 Å². The maximum absolute atomic E-state index is 12.4. The topological polar surface area (TPSA) is 114 Å². The first-order valence-electron chi connectivity index (χ1n) is 11.7. The van der Waals surface area contributed by atoms with Crippen LogP contribution in [0.3, 0.4) is 0 Å². The summed E-state index contributed by atoms with van der Waals surface area (Å²) < 4.78 is 52.3. The van der Waals surface area contributed by atoms with Crippen LogP contribution in [-0.4, -0.2) is 31.3 Å². The molecule has 10 heteroatoms. The normalized spacial score (nSPS) is 11.3. The highest BCUT2D eigenvalue weighted by Crippen LogP contribution is 2.22. The van der Waals surface area contributed by atoms with E-state index >= 15 is 0 Å². The Balaban J connectivity index is 1.42. The van der Waals surface area contributed by atoms with Gasteiger partial charge in [0.1, 0.15) is 11.5 Å². The van der Waals surface area contributed by atoms with Gasteiger partial charge in [-0.15, -0.1) is 0 Å². The van der Waals surface area contributed by atoms with Crippen molar-refractivity contribution in [1.82, 2.24) is 0 Å². The molecule has 7 nitrogen and oxygen atoms in total. The average Bonchev–Trinajstić information content (AvgIpc) is 2.87. The molecule has 0 saturated heterocycles. The van der Waals surface area contributed by atoms with Gasteiger partial charge in [0.25, 0.3) is 0 Å². The van der Waals surface area contributed by atoms with Crippen molar-refractivity contribution in [2.24, 2.45) is 0 Å². The maximum Gasteiger partial charge on any atom is 0.389 e. The predicted octanol–water partition coefficient (Wildman–Crippen LogP) is 5.59. The molecule has 0 aromatic heterocycles. The smallest absolute Gasteiger partial charge is 0.389 e. The Kier molecular flexibility index (Phi) is 9.75. The van der Waals surface area contributed by atoms with Crippen molar-refractivity contribution < 1.29 is 37.0 Å². The molecule has 0 aliphatic carbocycles. The molecule has 3 aromatic rings. The highest BCUT2D eigenvalue weighted by atomic mass is 19.4. The number of nitrogen functional groups attached to an aromatic ring is 2. The Hall–Kier alpha value is -4.47. The van der Waals surface area contributed by atoms with Gasteiger partial charge < -0.3 is 25.7 Å².